The molecule has 6 atom stereocenters. The summed E-state index contributed by atoms with van der Waals surface area (Å²) < 4.78 is 11.8. The van der Waals surface area contributed by atoms with Crippen LogP contribution in [0, 0.1) is 11.8 Å². The molecule has 2 heterocycles. The van der Waals surface area contributed by atoms with Gasteiger partial charge in [-0.1, -0.05) is 34.1 Å². The van der Waals surface area contributed by atoms with Crippen LogP contribution in [-0.4, -0.2) is 79.5 Å². The van der Waals surface area contributed by atoms with Gasteiger partial charge < -0.3 is 35.6 Å². The van der Waals surface area contributed by atoms with E-state index in [0.29, 0.717) is 29.9 Å². The lowest BCUT2D eigenvalue weighted by atomic mass is 9.97. The Hall–Kier alpha value is -3.60. The monoisotopic (exact) mass is 557 g/mol. The van der Waals surface area contributed by atoms with E-state index in [0.717, 1.165) is 0 Å². The minimum atomic E-state index is -1.01. The van der Waals surface area contributed by atoms with Crippen molar-refractivity contribution >= 4 is 29.7 Å². The molecule has 0 spiro atoms. The van der Waals surface area contributed by atoms with Gasteiger partial charge in [-0.3, -0.25) is 19.2 Å². The maximum absolute atomic E-state index is 13.9. The Morgan fingerprint density at radius 3 is 2.52 bits per heavy atom. The quantitative estimate of drug-likeness (QED) is 0.379. The number of fused-ring (bicyclic) bond motifs is 3. The smallest absolute Gasteiger partial charge is 0.247 e. The highest BCUT2D eigenvalue weighted by Crippen LogP contribution is 2.30. The molecule has 4 amide bonds. The second-order valence-electron chi connectivity index (χ2n) is 10.8. The first-order valence-corrected chi connectivity index (χ1v) is 13.9. The number of rotatable bonds is 8. The van der Waals surface area contributed by atoms with Crippen LogP contribution in [0.1, 0.15) is 53.0 Å². The van der Waals surface area contributed by atoms with Crippen molar-refractivity contribution in [2.75, 3.05) is 20.7 Å². The average molecular weight is 558 g/mol. The van der Waals surface area contributed by atoms with Crippen molar-refractivity contribution in [1.29, 1.82) is 0 Å². The summed E-state index contributed by atoms with van der Waals surface area (Å²) in [4.78, 5) is 55.1. The molecule has 6 unspecified atom stereocenters. The molecule has 0 saturated carbocycles. The summed E-state index contributed by atoms with van der Waals surface area (Å²) in [6.45, 7) is 9.48. The molecule has 40 heavy (non-hydrogen) atoms. The molecule has 11 heteroatoms. The number of methoxy groups -OCH3 is 1. The summed E-state index contributed by atoms with van der Waals surface area (Å²) >= 11 is 0. The van der Waals surface area contributed by atoms with Gasteiger partial charge in [-0.25, -0.2) is 0 Å². The average Bonchev–Trinajstić information content (AvgIpc) is 3.36. The van der Waals surface area contributed by atoms with Crippen LogP contribution in [0.25, 0.3) is 6.08 Å². The molecule has 1 fully saturated rings. The highest BCUT2D eigenvalue weighted by Gasteiger charge is 2.47. The molecule has 1 aromatic carbocycles. The predicted octanol–water partition coefficient (Wildman–Crippen LogP) is 1.42. The van der Waals surface area contributed by atoms with Crippen LogP contribution in [0.3, 0.4) is 0 Å². The molecular weight excluding hydrogens is 514 g/mol. The van der Waals surface area contributed by atoms with Crippen molar-refractivity contribution in [3.63, 3.8) is 0 Å². The number of amides is 4. The SMILES string of the molecule is CCC(C)C1NC(=O)C2C(CCN2C(=O)C(NC(=O)C(C)NC)C(C)C)Oc2ccc(OC)c(c2)C=CNC1=O. The van der Waals surface area contributed by atoms with Gasteiger partial charge in [0.05, 0.1) is 13.2 Å². The van der Waals surface area contributed by atoms with Crippen LogP contribution in [0.5, 0.6) is 11.5 Å². The molecule has 0 radical (unpaired) electrons. The number of nitrogens with one attached hydrogen (secondary N) is 4. The van der Waals surface area contributed by atoms with Gasteiger partial charge in [0.15, 0.2) is 0 Å². The first kappa shape index (κ1) is 30.9. The fraction of sp³-hybridized carbons (Fsp3) is 0.586. The standard InChI is InChI=1S/C29H43N5O6/c1-8-17(4)24-27(36)31-13-11-19-15-20(9-10-21(19)39-7)40-22-12-14-34(25(22)28(37)33-24)29(38)23(16(2)3)32-26(35)18(5)30-6/h9-11,13,15-18,22-25,30H,8,12,14H2,1-7H3,(H,31,36)(H,32,35)(H,33,37). The van der Waals surface area contributed by atoms with E-state index >= 15 is 0 Å². The number of ether oxygens (including phenoxy) is 2. The van der Waals surface area contributed by atoms with Gasteiger partial charge in [0.2, 0.25) is 23.6 Å². The zero-order valence-electron chi connectivity index (χ0n) is 24.4. The number of carbonyl (C=O) groups excluding carboxylic acids is 4. The van der Waals surface area contributed by atoms with E-state index in [4.69, 9.17) is 9.47 Å². The number of nitrogens with zero attached hydrogens (tertiary/aromatic N) is 1. The third kappa shape index (κ3) is 6.93. The van der Waals surface area contributed by atoms with Gasteiger partial charge in [-0.2, -0.15) is 0 Å². The number of hydrogen-bond acceptors (Lipinski definition) is 7. The molecule has 1 saturated heterocycles. The van der Waals surface area contributed by atoms with E-state index in [-0.39, 0.29) is 36.1 Å². The van der Waals surface area contributed by atoms with Crippen molar-refractivity contribution in [3.8, 4) is 11.5 Å². The lowest BCUT2D eigenvalue weighted by molar-refractivity contribution is -0.144. The summed E-state index contributed by atoms with van der Waals surface area (Å²) in [6, 6.07) is 2.08. The molecule has 2 aliphatic heterocycles. The fourth-order valence-corrected chi connectivity index (χ4v) is 4.88. The molecular formula is C29H43N5O6. The molecule has 3 rings (SSSR count). The van der Waals surface area contributed by atoms with Crippen LogP contribution in [-0.2, 0) is 19.2 Å². The van der Waals surface area contributed by atoms with Crippen molar-refractivity contribution in [2.45, 2.75) is 77.7 Å². The Morgan fingerprint density at radius 1 is 1.18 bits per heavy atom. The van der Waals surface area contributed by atoms with Crippen LogP contribution in [0.15, 0.2) is 24.4 Å². The Labute approximate surface area is 236 Å². The Kier molecular flexibility index (Phi) is 10.6. The van der Waals surface area contributed by atoms with Crippen LogP contribution >= 0.6 is 0 Å². The van der Waals surface area contributed by atoms with Crippen molar-refractivity contribution in [3.05, 3.63) is 30.0 Å². The Balaban J connectivity index is 2.02. The first-order valence-electron chi connectivity index (χ1n) is 13.9. The third-order valence-electron chi connectivity index (χ3n) is 7.72. The largest absolute Gasteiger partial charge is 0.496 e. The summed E-state index contributed by atoms with van der Waals surface area (Å²) in [5.74, 6) is -0.845. The number of likely N-dealkylation sites (tertiary alicyclic amines) is 1. The second kappa shape index (κ2) is 13.6. The summed E-state index contributed by atoms with van der Waals surface area (Å²) in [5.41, 5.74) is 0.683. The van der Waals surface area contributed by atoms with Gasteiger partial charge >= 0.3 is 0 Å². The van der Waals surface area contributed by atoms with E-state index < -0.39 is 36.2 Å². The summed E-state index contributed by atoms with van der Waals surface area (Å²) in [5, 5.41) is 11.4. The van der Waals surface area contributed by atoms with Crippen LogP contribution in [0.2, 0.25) is 0 Å². The van der Waals surface area contributed by atoms with Gasteiger partial charge in [-0.05, 0) is 50.1 Å². The number of likely N-dealkylation sites (N-methyl/N-ethyl adjacent to an activating group) is 1. The van der Waals surface area contributed by atoms with Crippen LogP contribution in [0.4, 0.5) is 0 Å². The first-order chi connectivity index (χ1) is 19.0. The van der Waals surface area contributed by atoms with Gasteiger partial charge in [0.1, 0.15) is 35.7 Å². The van der Waals surface area contributed by atoms with Gasteiger partial charge in [0, 0.05) is 24.7 Å². The van der Waals surface area contributed by atoms with Crippen LogP contribution < -0.4 is 30.7 Å². The highest BCUT2D eigenvalue weighted by molar-refractivity contribution is 5.96. The number of carbonyl (C=O) groups is 4. The van der Waals surface area contributed by atoms with Gasteiger partial charge in [-0.15, -0.1) is 0 Å². The van der Waals surface area contributed by atoms with E-state index in [1.807, 2.05) is 27.7 Å². The maximum atomic E-state index is 13.9. The molecule has 4 N–H and O–H groups in total. The zero-order chi connectivity index (χ0) is 29.6. The lowest BCUT2D eigenvalue weighted by Crippen LogP contribution is -2.61. The van der Waals surface area contributed by atoms with Gasteiger partial charge in [0.25, 0.3) is 0 Å². The molecule has 0 aliphatic carbocycles. The Morgan fingerprint density at radius 2 is 1.90 bits per heavy atom. The lowest BCUT2D eigenvalue weighted by Gasteiger charge is -2.33. The molecule has 11 nitrogen and oxygen atoms in total. The number of benzene rings is 1. The zero-order valence-corrected chi connectivity index (χ0v) is 24.4. The fourth-order valence-electron chi connectivity index (χ4n) is 4.88. The molecule has 0 aromatic heterocycles. The van der Waals surface area contributed by atoms with E-state index in [1.54, 1.807) is 45.4 Å². The topological polar surface area (TPSA) is 138 Å². The molecule has 1 aromatic rings. The highest BCUT2D eigenvalue weighted by atomic mass is 16.5. The maximum Gasteiger partial charge on any atom is 0.247 e. The molecule has 2 bridgehead atoms. The van der Waals surface area contributed by atoms with E-state index in [1.165, 1.54) is 11.1 Å². The third-order valence-corrected chi connectivity index (χ3v) is 7.72. The minimum Gasteiger partial charge on any atom is -0.496 e. The minimum absolute atomic E-state index is 0.172. The van der Waals surface area contributed by atoms with E-state index in [2.05, 4.69) is 21.3 Å². The molecule has 220 valence electrons. The predicted molar refractivity (Wildman–Crippen MR) is 151 cm³/mol. The summed E-state index contributed by atoms with van der Waals surface area (Å²) in [7, 11) is 3.22. The second-order valence-corrected chi connectivity index (χ2v) is 10.8. The Bertz CT molecular complexity index is 1120. The number of hydrogen-bond donors (Lipinski definition) is 4. The van der Waals surface area contributed by atoms with Crippen molar-refractivity contribution < 1.29 is 28.7 Å². The van der Waals surface area contributed by atoms with Crippen molar-refractivity contribution in [2.24, 2.45) is 11.8 Å². The van der Waals surface area contributed by atoms with Crippen molar-refractivity contribution in [1.82, 2.24) is 26.2 Å². The normalized spacial score (nSPS) is 23.3. The summed E-state index contributed by atoms with van der Waals surface area (Å²) in [6.07, 6.45) is 3.60. The van der Waals surface area contributed by atoms with E-state index in [9.17, 15) is 19.2 Å². The molecule has 2 aliphatic rings.